The van der Waals surface area contributed by atoms with Crippen LogP contribution in [0.25, 0.3) is 0 Å². The normalized spacial score (nSPS) is 11.3. The van der Waals surface area contributed by atoms with Gasteiger partial charge in [0.25, 0.3) is 6.79 Å². The lowest BCUT2D eigenvalue weighted by Crippen LogP contribution is -2.40. The number of likely N-dealkylation sites (N-methyl/N-ethyl adjacent to an activating group) is 1. The molecule has 2 rings (SSSR count). The minimum absolute atomic E-state index is 0.0771. The molecule has 0 heterocycles. The number of halogens is 1. The maximum absolute atomic E-state index is 12.5. The van der Waals surface area contributed by atoms with E-state index in [-0.39, 0.29) is 18.9 Å². The average molecular weight is 450 g/mol. The molecule has 2 aromatic carbocycles. The fraction of sp³-hybridized carbons (Fsp3) is 0.333. The van der Waals surface area contributed by atoms with Crippen LogP contribution in [0, 0.1) is 0 Å². The topological polar surface area (TPSA) is 110 Å². The number of ketones is 1. The monoisotopic (exact) mass is 449 g/mol. The molecule has 31 heavy (non-hydrogen) atoms. The van der Waals surface area contributed by atoms with Gasteiger partial charge in [0.1, 0.15) is 5.75 Å². The Morgan fingerprint density at radius 1 is 1.06 bits per heavy atom. The first kappa shape index (κ1) is 24.1. The van der Waals surface area contributed by atoms with Crippen LogP contribution in [-0.2, 0) is 14.4 Å². The first-order valence-electron chi connectivity index (χ1n) is 9.34. The maximum atomic E-state index is 12.5. The van der Waals surface area contributed by atoms with Gasteiger partial charge in [-0.15, -0.1) is 0 Å². The molecule has 0 spiro atoms. The lowest BCUT2D eigenvalue weighted by atomic mass is 10.0. The Morgan fingerprint density at radius 3 is 2.23 bits per heavy atom. The fourth-order valence-corrected chi connectivity index (χ4v) is 2.46. The molecular formula is C21H24ClN3O6. The highest BCUT2D eigenvalue weighted by molar-refractivity contribution is 6.30. The number of hydrogen-bond donors (Lipinski definition) is 1. The van der Waals surface area contributed by atoms with Crippen LogP contribution in [0.5, 0.6) is 5.75 Å². The van der Waals surface area contributed by atoms with Gasteiger partial charge in [0.2, 0.25) is 0 Å². The summed E-state index contributed by atoms with van der Waals surface area (Å²) in [6, 6.07) is 13.0. The molecule has 0 fully saturated rings. The number of ether oxygens (including phenoxy) is 2. The van der Waals surface area contributed by atoms with E-state index >= 15 is 0 Å². The van der Waals surface area contributed by atoms with Crippen molar-refractivity contribution in [1.82, 2.24) is 5.01 Å². The minimum atomic E-state index is -1.31. The summed E-state index contributed by atoms with van der Waals surface area (Å²) >= 11 is 5.85. The van der Waals surface area contributed by atoms with Crippen molar-refractivity contribution >= 4 is 23.4 Å². The Hall–Kier alpha value is -3.17. The maximum Gasteiger partial charge on any atom is 0.352 e. The molecule has 0 atom stereocenters. The van der Waals surface area contributed by atoms with Gasteiger partial charge in [-0.05, 0) is 67.6 Å². The first-order chi connectivity index (χ1) is 14.7. The summed E-state index contributed by atoms with van der Waals surface area (Å²) in [4.78, 5) is 29.5. The number of nitrogens with zero attached hydrogens (tertiary/aromatic N) is 3. The van der Waals surface area contributed by atoms with Crippen molar-refractivity contribution < 1.29 is 29.0 Å². The van der Waals surface area contributed by atoms with Crippen molar-refractivity contribution in [2.45, 2.75) is 19.4 Å². The van der Waals surface area contributed by atoms with Gasteiger partial charge in [0.05, 0.1) is 13.2 Å². The lowest BCUT2D eigenvalue weighted by Gasteiger charge is -2.24. The summed E-state index contributed by atoms with van der Waals surface area (Å²) in [7, 11) is 1.60. The second-order valence-corrected chi connectivity index (χ2v) is 7.36. The summed E-state index contributed by atoms with van der Waals surface area (Å²) < 4.78 is 10.7. The highest BCUT2D eigenvalue weighted by Gasteiger charge is 2.32. The second-order valence-electron chi connectivity index (χ2n) is 6.93. The summed E-state index contributed by atoms with van der Waals surface area (Å²) in [5.41, 5.74) is -0.322. The van der Waals surface area contributed by atoms with E-state index in [1.54, 1.807) is 69.4 Å². The number of carbonyl (C=O) groups is 2. The van der Waals surface area contributed by atoms with E-state index in [1.807, 2.05) is 0 Å². The van der Waals surface area contributed by atoms with Crippen LogP contribution in [-0.4, -0.2) is 54.5 Å². The third-order valence-electron chi connectivity index (χ3n) is 4.00. The predicted molar refractivity (Wildman–Crippen MR) is 113 cm³/mol. The quantitative estimate of drug-likeness (QED) is 0.140. The molecule has 0 unspecified atom stereocenters. The van der Waals surface area contributed by atoms with Gasteiger partial charge in [-0.1, -0.05) is 11.6 Å². The Kier molecular flexibility index (Phi) is 8.77. The lowest BCUT2D eigenvalue weighted by molar-refractivity contribution is -0.173. The van der Waals surface area contributed by atoms with Crippen molar-refractivity contribution in [3.8, 4) is 5.75 Å². The van der Waals surface area contributed by atoms with Gasteiger partial charge in [0.15, 0.2) is 11.4 Å². The van der Waals surface area contributed by atoms with E-state index in [1.165, 1.54) is 5.01 Å². The standard InChI is InChI=1S/C21H24ClN3O6/c1-21(2,20(28)29-14-30-24-23-25(3)12-13-26)31-18-10-6-16(7-11-18)19(27)15-4-8-17(22)9-5-15/h4-11,26H,12-14H2,1-3H3. The van der Waals surface area contributed by atoms with Gasteiger partial charge in [-0.25, -0.2) is 4.79 Å². The van der Waals surface area contributed by atoms with Gasteiger partial charge in [-0.3, -0.25) is 9.80 Å². The number of carbonyl (C=O) groups excluding carboxylic acids is 2. The van der Waals surface area contributed by atoms with Crippen molar-refractivity contribution in [2.75, 3.05) is 27.0 Å². The summed E-state index contributed by atoms with van der Waals surface area (Å²) in [5.74, 6) is -0.439. The number of rotatable bonds is 11. The van der Waals surface area contributed by atoms with E-state index in [9.17, 15) is 9.59 Å². The molecule has 0 aliphatic heterocycles. The van der Waals surface area contributed by atoms with Crippen LogP contribution in [0.15, 0.2) is 59.0 Å². The smallest absolute Gasteiger partial charge is 0.352 e. The molecule has 1 N–H and O–H groups in total. The Balaban J connectivity index is 1.88. The van der Waals surface area contributed by atoms with Crippen molar-refractivity contribution in [1.29, 1.82) is 0 Å². The summed E-state index contributed by atoms with van der Waals surface area (Å²) in [6.07, 6.45) is 0. The molecule has 0 saturated carbocycles. The van der Waals surface area contributed by atoms with Crippen molar-refractivity contribution in [3.63, 3.8) is 0 Å². The van der Waals surface area contributed by atoms with Gasteiger partial charge in [0, 0.05) is 28.5 Å². The number of aliphatic hydroxyl groups excluding tert-OH is 1. The number of benzene rings is 2. The highest BCUT2D eigenvalue weighted by atomic mass is 35.5. The predicted octanol–water partition coefficient (Wildman–Crippen LogP) is 3.45. The average Bonchev–Trinajstić information content (AvgIpc) is 2.74. The van der Waals surface area contributed by atoms with E-state index in [0.717, 1.165) is 0 Å². The molecule has 0 aliphatic rings. The van der Waals surface area contributed by atoms with Crippen LogP contribution in [0.3, 0.4) is 0 Å². The summed E-state index contributed by atoms with van der Waals surface area (Å²) in [5, 5.41) is 17.6. The summed E-state index contributed by atoms with van der Waals surface area (Å²) in [6.45, 7) is 2.85. The number of hydrogen-bond acceptors (Lipinski definition) is 8. The molecular weight excluding hydrogens is 426 g/mol. The Morgan fingerprint density at radius 2 is 1.65 bits per heavy atom. The zero-order chi connectivity index (χ0) is 22.9. The SMILES string of the molecule is CN(CCO)N=NOCOC(=O)C(C)(C)Oc1ccc(C(=O)c2ccc(Cl)cc2)cc1. The largest absolute Gasteiger partial charge is 0.476 e. The van der Waals surface area contributed by atoms with Crippen LogP contribution >= 0.6 is 11.6 Å². The van der Waals surface area contributed by atoms with Crippen molar-refractivity contribution in [3.05, 3.63) is 64.7 Å². The number of esters is 1. The Bertz CT molecular complexity index is 900. The molecule has 166 valence electrons. The zero-order valence-electron chi connectivity index (χ0n) is 17.4. The zero-order valence-corrected chi connectivity index (χ0v) is 18.2. The Labute approximate surface area is 185 Å². The van der Waals surface area contributed by atoms with E-state index in [4.69, 9.17) is 31.0 Å². The van der Waals surface area contributed by atoms with E-state index in [0.29, 0.717) is 21.9 Å². The van der Waals surface area contributed by atoms with E-state index < -0.39 is 18.4 Å². The third kappa shape index (κ3) is 7.54. The molecule has 0 aromatic heterocycles. The molecule has 0 aliphatic carbocycles. The molecule has 0 saturated heterocycles. The fourth-order valence-electron chi connectivity index (χ4n) is 2.33. The minimum Gasteiger partial charge on any atom is -0.476 e. The van der Waals surface area contributed by atoms with Crippen molar-refractivity contribution in [2.24, 2.45) is 10.5 Å². The van der Waals surface area contributed by atoms with Gasteiger partial charge >= 0.3 is 5.97 Å². The molecule has 2 aromatic rings. The van der Waals surface area contributed by atoms with Gasteiger partial charge < -0.3 is 19.4 Å². The van der Waals surface area contributed by atoms with Crippen LogP contribution in [0.1, 0.15) is 29.8 Å². The third-order valence-corrected chi connectivity index (χ3v) is 4.25. The molecule has 9 nitrogen and oxygen atoms in total. The molecule has 0 amide bonds. The number of aliphatic hydroxyl groups is 1. The highest BCUT2D eigenvalue weighted by Crippen LogP contribution is 2.22. The van der Waals surface area contributed by atoms with Crippen LogP contribution < -0.4 is 4.74 Å². The first-order valence-corrected chi connectivity index (χ1v) is 9.72. The van der Waals surface area contributed by atoms with E-state index in [2.05, 4.69) is 10.5 Å². The van der Waals surface area contributed by atoms with Crippen LogP contribution in [0.2, 0.25) is 5.02 Å². The molecule has 0 radical (unpaired) electrons. The molecule has 10 heteroatoms. The second kappa shape index (κ2) is 11.3. The van der Waals surface area contributed by atoms with Gasteiger partial charge in [-0.2, -0.15) is 0 Å². The van der Waals surface area contributed by atoms with Crippen LogP contribution in [0.4, 0.5) is 0 Å². The molecule has 0 bridgehead atoms.